The number of benzene rings is 1. The normalized spacial score (nSPS) is 21.2. The Balaban J connectivity index is 0.00000220. The van der Waals surface area contributed by atoms with Gasteiger partial charge in [-0.2, -0.15) is 18.4 Å². The van der Waals surface area contributed by atoms with Crippen LogP contribution in [0.3, 0.4) is 0 Å². The highest BCUT2D eigenvalue weighted by Gasteiger charge is 2.32. The van der Waals surface area contributed by atoms with Crippen LogP contribution in [-0.4, -0.2) is 32.7 Å². The van der Waals surface area contributed by atoms with Gasteiger partial charge in [-0.3, -0.25) is 4.90 Å². The van der Waals surface area contributed by atoms with Gasteiger partial charge in [-0.15, -0.1) is 0 Å². The molecule has 2 N–H and O–H groups in total. The average molecular weight is 356 g/mol. The van der Waals surface area contributed by atoms with Crippen LogP contribution in [0.25, 0.3) is 0 Å². The maximum absolute atomic E-state index is 12.7. The second-order valence-corrected chi connectivity index (χ2v) is 5.09. The second-order valence-electron chi connectivity index (χ2n) is 5.09. The van der Waals surface area contributed by atoms with Gasteiger partial charge in [-0.1, -0.05) is 6.07 Å². The summed E-state index contributed by atoms with van der Waals surface area (Å²) < 4.78 is 38.1. The molecule has 0 unspecified atom stereocenters. The maximum Gasteiger partial charge on any atom is 0.416 e. The second kappa shape index (κ2) is 9.21. The molecule has 0 radical (unpaired) electrons. The molecule has 1 fully saturated rings. The van der Waals surface area contributed by atoms with E-state index in [2.05, 4.69) is 6.07 Å². The van der Waals surface area contributed by atoms with E-state index in [0.717, 1.165) is 43.7 Å². The van der Waals surface area contributed by atoms with Crippen LogP contribution in [0.4, 0.5) is 18.9 Å². The lowest BCUT2D eigenvalue weighted by Crippen LogP contribution is -3.26. The van der Waals surface area contributed by atoms with Crippen molar-refractivity contribution in [3.8, 4) is 6.07 Å². The van der Waals surface area contributed by atoms with Gasteiger partial charge in [-0.05, 0) is 12.1 Å². The number of piperazine rings is 1. The first-order valence-corrected chi connectivity index (χ1v) is 6.73. The molecule has 1 aliphatic heterocycles. The van der Waals surface area contributed by atoms with E-state index in [-0.39, 0.29) is 24.8 Å². The fourth-order valence-electron chi connectivity index (χ4n) is 2.59. The van der Waals surface area contributed by atoms with Crippen molar-refractivity contribution in [2.45, 2.75) is 12.6 Å². The molecular formula is C14H18Cl2F3N3. The highest BCUT2D eigenvalue weighted by atomic mass is 35.5. The third-order valence-corrected chi connectivity index (χ3v) is 3.75. The van der Waals surface area contributed by atoms with E-state index >= 15 is 0 Å². The van der Waals surface area contributed by atoms with Gasteiger partial charge >= 0.3 is 6.18 Å². The minimum absolute atomic E-state index is 0. The highest BCUT2D eigenvalue weighted by Crippen LogP contribution is 2.29. The first-order chi connectivity index (χ1) is 9.50. The molecule has 1 aromatic rings. The van der Waals surface area contributed by atoms with E-state index < -0.39 is 11.7 Å². The molecule has 2 rings (SSSR count). The Morgan fingerprint density at radius 1 is 1.09 bits per heavy atom. The van der Waals surface area contributed by atoms with Gasteiger partial charge in [0.25, 0.3) is 0 Å². The summed E-state index contributed by atoms with van der Waals surface area (Å²) >= 11 is 0. The molecule has 0 aromatic heterocycles. The van der Waals surface area contributed by atoms with Crippen LogP contribution < -0.4 is 34.6 Å². The minimum atomic E-state index is -4.28. The number of nitrogens with one attached hydrogen (secondary N) is 2. The number of halogens is 5. The van der Waals surface area contributed by atoms with Crippen LogP contribution >= 0.6 is 0 Å². The molecule has 22 heavy (non-hydrogen) atoms. The van der Waals surface area contributed by atoms with Crippen molar-refractivity contribution in [2.75, 3.05) is 32.7 Å². The van der Waals surface area contributed by atoms with E-state index in [9.17, 15) is 13.2 Å². The van der Waals surface area contributed by atoms with Crippen molar-refractivity contribution in [3.05, 3.63) is 29.8 Å². The number of hydrogen-bond acceptors (Lipinski definition) is 1. The molecule has 8 heteroatoms. The zero-order chi connectivity index (χ0) is 14.6. The molecule has 0 saturated carbocycles. The van der Waals surface area contributed by atoms with Crippen LogP contribution in [0.5, 0.6) is 0 Å². The Kier molecular flexibility index (Phi) is 8.79. The van der Waals surface area contributed by atoms with Gasteiger partial charge in [0, 0.05) is 6.07 Å². The first-order valence-electron chi connectivity index (χ1n) is 6.73. The predicted octanol–water partition coefficient (Wildman–Crippen LogP) is -5.96. The molecule has 1 heterocycles. The van der Waals surface area contributed by atoms with E-state index in [1.807, 2.05) is 0 Å². The number of nitriles is 1. The van der Waals surface area contributed by atoms with Crippen molar-refractivity contribution in [1.82, 2.24) is 0 Å². The number of quaternary nitrogens is 2. The zero-order valence-electron chi connectivity index (χ0n) is 11.9. The fraction of sp³-hybridized carbons (Fsp3) is 0.500. The smallest absolute Gasteiger partial charge is 0.416 e. The third kappa shape index (κ3) is 5.65. The summed E-state index contributed by atoms with van der Waals surface area (Å²) in [6, 6.07) is 7.71. The number of hydrogen-bond donors (Lipinski definition) is 2. The molecule has 0 bridgehead atoms. The summed E-state index contributed by atoms with van der Waals surface area (Å²) in [6.07, 6.45) is -3.75. The molecule has 0 aliphatic carbocycles. The standard InChI is InChI=1S/C14H16F3N3.2ClH/c15-14(16,17)12-3-1-4-13(11-12)20-9-7-19(8-10-20)6-2-5-18;;/h1,3-4,11H,2,6-10H2;2*1H. The first kappa shape index (κ1) is 21.0. The van der Waals surface area contributed by atoms with Crippen molar-refractivity contribution >= 4 is 5.69 Å². The molecule has 3 nitrogen and oxygen atoms in total. The largest absolute Gasteiger partial charge is 1.00 e. The molecule has 124 valence electrons. The molecule has 1 saturated heterocycles. The van der Waals surface area contributed by atoms with Crippen LogP contribution in [-0.2, 0) is 6.18 Å². The van der Waals surface area contributed by atoms with E-state index in [1.165, 1.54) is 17.0 Å². The molecule has 0 amide bonds. The lowest BCUT2D eigenvalue weighted by atomic mass is 10.1. The van der Waals surface area contributed by atoms with Crippen LogP contribution in [0.2, 0.25) is 0 Å². The maximum atomic E-state index is 12.7. The van der Waals surface area contributed by atoms with E-state index in [0.29, 0.717) is 12.1 Å². The van der Waals surface area contributed by atoms with Crippen molar-refractivity contribution in [3.63, 3.8) is 0 Å². The SMILES string of the molecule is N#CCC[NH+]1CC[NH+](c2cccc(C(F)(F)F)c2)CC1.[Cl-].[Cl-]. The summed E-state index contributed by atoms with van der Waals surface area (Å²) in [7, 11) is 0. The number of nitrogens with zero attached hydrogens (tertiary/aromatic N) is 1. The van der Waals surface area contributed by atoms with Crippen molar-refractivity contribution in [1.29, 1.82) is 5.26 Å². The van der Waals surface area contributed by atoms with Gasteiger partial charge in [-0.25, -0.2) is 0 Å². The molecule has 1 aliphatic rings. The van der Waals surface area contributed by atoms with Gasteiger partial charge in [0.05, 0.1) is 24.6 Å². The topological polar surface area (TPSA) is 32.7 Å². The summed E-state index contributed by atoms with van der Waals surface area (Å²) in [5, 5.41) is 8.56. The Labute approximate surface area is 140 Å². The average Bonchev–Trinajstić information content (AvgIpc) is 2.45. The predicted molar refractivity (Wildman–Crippen MR) is 67.6 cm³/mol. The van der Waals surface area contributed by atoms with Gasteiger partial charge in [0.2, 0.25) is 0 Å². The van der Waals surface area contributed by atoms with Gasteiger partial charge in [0.15, 0.2) is 0 Å². The minimum Gasteiger partial charge on any atom is -1.00 e. The van der Waals surface area contributed by atoms with Crippen LogP contribution in [0.15, 0.2) is 24.3 Å². The van der Waals surface area contributed by atoms with Gasteiger partial charge in [0.1, 0.15) is 31.9 Å². The Hall–Kier alpha value is -1.00. The quantitative estimate of drug-likeness (QED) is 0.556. The monoisotopic (exact) mass is 355 g/mol. The molecular weight excluding hydrogens is 338 g/mol. The lowest BCUT2D eigenvalue weighted by molar-refractivity contribution is -0.986. The highest BCUT2D eigenvalue weighted by molar-refractivity contribution is 5.35. The zero-order valence-corrected chi connectivity index (χ0v) is 13.4. The molecule has 0 spiro atoms. The van der Waals surface area contributed by atoms with Crippen LogP contribution in [0.1, 0.15) is 12.0 Å². The van der Waals surface area contributed by atoms with Crippen molar-refractivity contribution in [2.24, 2.45) is 0 Å². The number of rotatable bonds is 3. The summed E-state index contributed by atoms with van der Waals surface area (Å²) in [5.74, 6) is 0. The molecule has 1 aromatic carbocycles. The Morgan fingerprint density at radius 2 is 1.73 bits per heavy atom. The number of alkyl halides is 3. The fourth-order valence-corrected chi connectivity index (χ4v) is 2.59. The summed E-state index contributed by atoms with van der Waals surface area (Å²) in [4.78, 5) is 2.46. The third-order valence-electron chi connectivity index (χ3n) is 3.75. The van der Waals surface area contributed by atoms with E-state index in [4.69, 9.17) is 5.26 Å². The molecule has 0 atom stereocenters. The summed E-state index contributed by atoms with van der Waals surface area (Å²) in [6.45, 7) is 4.23. The Bertz CT molecular complexity index is 495. The lowest BCUT2D eigenvalue weighted by Gasteiger charge is -2.29. The van der Waals surface area contributed by atoms with E-state index in [1.54, 1.807) is 6.07 Å². The van der Waals surface area contributed by atoms with Crippen LogP contribution in [0, 0.1) is 11.3 Å². The van der Waals surface area contributed by atoms with Gasteiger partial charge < -0.3 is 29.7 Å². The Morgan fingerprint density at radius 3 is 2.27 bits per heavy atom. The summed E-state index contributed by atoms with van der Waals surface area (Å²) in [5.41, 5.74) is 0.126. The van der Waals surface area contributed by atoms with Crippen molar-refractivity contribution < 1.29 is 47.8 Å².